The van der Waals surface area contributed by atoms with Crippen molar-refractivity contribution in [1.82, 2.24) is 10.6 Å². The summed E-state index contributed by atoms with van der Waals surface area (Å²) in [6, 6.07) is 31.4. The second-order valence-corrected chi connectivity index (χ2v) is 16.0. The Morgan fingerprint density at radius 2 is 0.704 bits per heavy atom. The molecular weight excluding hydrogens is 923 g/mol. The number of nitrogens with two attached hydrogens (primary N) is 1. The van der Waals surface area contributed by atoms with Crippen molar-refractivity contribution in [2.45, 2.75) is 58.2 Å². The first-order valence-electron chi connectivity index (χ1n) is 22.4. The first-order valence-corrected chi connectivity index (χ1v) is 22.4. The molecule has 4 heterocycles. The number of aliphatic carboxylic acids is 1. The normalized spacial score (nSPS) is 12.5. The average molecular weight is 976 g/mol. The molecule has 71 heavy (non-hydrogen) atoms. The van der Waals surface area contributed by atoms with Crippen molar-refractivity contribution in [1.29, 1.82) is 0 Å². The number of carboxylic acid groups (broad SMARTS) is 1. The van der Waals surface area contributed by atoms with Gasteiger partial charge in [-0.3, -0.25) is 14.4 Å². The Balaban J connectivity index is 0.000000145. The standard InChI is InChI=1S/C18H17NO5.C16H17NO5.C10H10O4.C8H9NO2/c20-18(6-3-12-1-4-14-16(7-12)23-10-21-14)19-9-13-2-5-15-17(8-13)24-11-22-15;18-12-4-1-10(7-14(12)20)3-6-16(22)17-9-11-2-5-13(19)15(21)8-11;11-10(12)4-2-7-1-3-8-9(5-7)14-6-13-8;9-4-6-1-2-7-8(3-6)11-5-10-7/h1-2,4-5,7-8H,3,6,9-11H2,(H,19,20);1-2,4-5,7-8,18-21H,3,6,9H2,(H,17,22);1,3,5H,2,4,6H2,(H,11,12);1-3H,4-5,9H2. The van der Waals surface area contributed by atoms with E-state index in [1.807, 2.05) is 66.7 Å². The van der Waals surface area contributed by atoms with Gasteiger partial charge in [0.2, 0.25) is 39.0 Å². The number of phenols is 4. The van der Waals surface area contributed by atoms with Gasteiger partial charge in [0.1, 0.15) is 0 Å². The van der Waals surface area contributed by atoms with E-state index >= 15 is 0 Å². The number of amides is 2. The predicted octanol–water partition coefficient (Wildman–Crippen LogP) is 6.46. The van der Waals surface area contributed by atoms with Crippen molar-refractivity contribution in [3.05, 3.63) is 143 Å². The van der Waals surface area contributed by atoms with Crippen LogP contribution in [0.1, 0.15) is 52.6 Å². The quantitative estimate of drug-likeness (QED) is 0.0544. The monoisotopic (exact) mass is 975 g/mol. The highest BCUT2D eigenvalue weighted by Gasteiger charge is 2.17. The molecule has 0 aliphatic carbocycles. The van der Waals surface area contributed by atoms with Gasteiger partial charge >= 0.3 is 5.97 Å². The molecule has 19 heteroatoms. The summed E-state index contributed by atoms with van der Waals surface area (Å²) >= 11 is 0. The van der Waals surface area contributed by atoms with E-state index in [2.05, 4.69) is 10.6 Å². The van der Waals surface area contributed by atoms with Gasteiger partial charge in [-0.25, -0.2) is 0 Å². The van der Waals surface area contributed by atoms with Gasteiger partial charge < -0.3 is 79.8 Å². The Morgan fingerprint density at radius 3 is 1.13 bits per heavy atom. The van der Waals surface area contributed by atoms with E-state index in [9.17, 15) is 34.8 Å². The molecule has 2 amide bonds. The molecule has 0 aromatic heterocycles. The number of carbonyl (C=O) groups is 3. The van der Waals surface area contributed by atoms with Gasteiger partial charge in [0, 0.05) is 38.9 Å². The summed E-state index contributed by atoms with van der Waals surface area (Å²) in [6.07, 6.45) is 2.40. The number of nitrogens with one attached hydrogen (secondary N) is 2. The zero-order chi connectivity index (χ0) is 50.1. The van der Waals surface area contributed by atoms with Crippen LogP contribution in [0.2, 0.25) is 0 Å². The highest BCUT2D eigenvalue weighted by atomic mass is 16.7. The van der Waals surface area contributed by atoms with E-state index in [-0.39, 0.29) is 74.6 Å². The van der Waals surface area contributed by atoms with Crippen LogP contribution < -0.4 is 54.3 Å². The van der Waals surface area contributed by atoms with E-state index in [0.29, 0.717) is 56.9 Å². The van der Waals surface area contributed by atoms with Crippen molar-refractivity contribution >= 4 is 17.8 Å². The molecule has 6 aromatic carbocycles. The van der Waals surface area contributed by atoms with Gasteiger partial charge in [-0.15, -0.1) is 0 Å². The third-order valence-corrected chi connectivity index (χ3v) is 11.0. The largest absolute Gasteiger partial charge is 0.504 e. The summed E-state index contributed by atoms with van der Waals surface area (Å²) < 4.78 is 41.8. The second kappa shape index (κ2) is 24.5. The lowest BCUT2D eigenvalue weighted by atomic mass is 10.1. The predicted molar refractivity (Wildman–Crippen MR) is 254 cm³/mol. The van der Waals surface area contributed by atoms with Gasteiger partial charge in [0.25, 0.3) is 0 Å². The number of hydrogen-bond donors (Lipinski definition) is 8. The van der Waals surface area contributed by atoms with Crippen molar-refractivity contribution in [3.63, 3.8) is 0 Å². The fourth-order valence-corrected chi connectivity index (χ4v) is 7.06. The average Bonchev–Trinajstić information content (AvgIpc) is 4.23. The highest BCUT2D eigenvalue weighted by molar-refractivity contribution is 5.76. The molecule has 0 bridgehead atoms. The molecule has 0 saturated carbocycles. The van der Waals surface area contributed by atoms with Crippen LogP contribution in [0.3, 0.4) is 0 Å². The Morgan fingerprint density at radius 1 is 0.394 bits per heavy atom. The van der Waals surface area contributed by atoms with E-state index < -0.39 is 5.97 Å². The summed E-state index contributed by atoms with van der Waals surface area (Å²) in [7, 11) is 0. The summed E-state index contributed by atoms with van der Waals surface area (Å²) in [6.45, 7) is 2.33. The Hall–Kier alpha value is -8.71. The Kier molecular flexibility index (Phi) is 17.3. The number of hydrogen-bond acceptors (Lipinski definition) is 16. The van der Waals surface area contributed by atoms with Gasteiger partial charge in [0.15, 0.2) is 69.0 Å². The molecule has 0 spiro atoms. The van der Waals surface area contributed by atoms with Gasteiger partial charge in [-0.05, 0) is 125 Å². The molecule has 0 saturated heterocycles. The van der Waals surface area contributed by atoms with E-state index in [1.54, 1.807) is 18.2 Å². The molecule has 4 aliphatic rings. The van der Waals surface area contributed by atoms with E-state index in [1.165, 1.54) is 24.3 Å². The van der Waals surface area contributed by atoms with Crippen molar-refractivity contribution in [2.24, 2.45) is 5.73 Å². The maximum Gasteiger partial charge on any atom is 0.303 e. The highest BCUT2D eigenvalue weighted by Crippen LogP contribution is 2.35. The van der Waals surface area contributed by atoms with Gasteiger partial charge in [-0.2, -0.15) is 0 Å². The smallest absolute Gasteiger partial charge is 0.303 e. The van der Waals surface area contributed by atoms with Crippen LogP contribution in [0.15, 0.2) is 109 Å². The molecule has 0 radical (unpaired) electrons. The lowest BCUT2D eigenvalue weighted by Crippen LogP contribution is -2.22. The fourth-order valence-electron chi connectivity index (χ4n) is 7.06. The molecule has 10 rings (SSSR count). The number of phenolic OH excluding ortho intramolecular Hbond substituents is 4. The SMILES string of the molecule is NCc1ccc2c(c1)OCO2.O=C(CCc1ccc(O)c(O)c1)NCc1ccc(O)c(O)c1.O=C(CCc1ccc2c(c1)OCO2)NCc1ccc2c(c1)OCO2.O=C(O)CCc1ccc2c(c1)OCO2. The summed E-state index contributed by atoms with van der Waals surface area (Å²) in [4.78, 5) is 34.1. The summed E-state index contributed by atoms with van der Waals surface area (Å²) in [5.41, 5.74) is 10.9. The third kappa shape index (κ3) is 14.9. The van der Waals surface area contributed by atoms with Crippen LogP contribution in [0.25, 0.3) is 0 Å². The van der Waals surface area contributed by atoms with Crippen LogP contribution in [0.4, 0.5) is 0 Å². The van der Waals surface area contributed by atoms with Crippen LogP contribution in [0.5, 0.6) is 69.0 Å². The minimum absolute atomic E-state index is 0.00494. The molecule has 0 fully saturated rings. The number of carbonyl (C=O) groups excluding carboxylic acids is 2. The molecule has 0 atom stereocenters. The first kappa shape index (κ1) is 50.2. The zero-order valence-corrected chi connectivity index (χ0v) is 38.4. The number of aromatic hydroxyl groups is 4. The van der Waals surface area contributed by atoms with Crippen molar-refractivity contribution < 1.29 is 77.8 Å². The molecule has 9 N–H and O–H groups in total. The van der Waals surface area contributed by atoms with Crippen LogP contribution in [-0.2, 0) is 53.3 Å². The number of carboxylic acids is 1. The molecule has 19 nitrogen and oxygen atoms in total. The fraction of sp³-hybridized carbons (Fsp3) is 0.250. The number of benzene rings is 6. The zero-order valence-electron chi connectivity index (χ0n) is 38.4. The molecule has 372 valence electrons. The first-order chi connectivity index (χ1) is 34.4. The Labute approximate surface area is 407 Å². The van der Waals surface area contributed by atoms with Crippen LogP contribution in [-0.4, -0.2) is 70.5 Å². The van der Waals surface area contributed by atoms with E-state index in [0.717, 1.165) is 68.1 Å². The lowest BCUT2D eigenvalue weighted by molar-refractivity contribution is -0.137. The van der Waals surface area contributed by atoms with Crippen LogP contribution in [0, 0.1) is 0 Å². The van der Waals surface area contributed by atoms with Gasteiger partial charge in [0.05, 0.1) is 0 Å². The topological polar surface area (TPSA) is 276 Å². The second-order valence-electron chi connectivity index (χ2n) is 16.0. The number of rotatable bonds is 14. The summed E-state index contributed by atoms with van der Waals surface area (Å²) in [5, 5.41) is 51.3. The molecule has 6 aromatic rings. The van der Waals surface area contributed by atoms with Crippen LogP contribution >= 0.6 is 0 Å². The number of fused-ring (bicyclic) bond motifs is 4. The van der Waals surface area contributed by atoms with Gasteiger partial charge in [-0.1, -0.05) is 36.4 Å². The number of aryl methyl sites for hydroxylation is 3. The minimum atomic E-state index is -0.789. The minimum Gasteiger partial charge on any atom is -0.504 e. The van der Waals surface area contributed by atoms with Crippen molar-refractivity contribution in [2.75, 3.05) is 27.2 Å². The molecule has 4 aliphatic heterocycles. The van der Waals surface area contributed by atoms with Crippen molar-refractivity contribution in [3.8, 4) is 69.0 Å². The third-order valence-electron chi connectivity index (χ3n) is 11.0. The Bertz CT molecular complexity index is 2700. The molecule has 0 unspecified atom stereocenters. The molecular formula is C52H53N3O16. The number of ether oxygens (including phenoxy) is 8. The summed E-state index contributed by atoms with van der Waals surface area (Å²) in [5.74, 6) is 4.20. The maximum atomic E-state index is 12.0. The maximum absolute atomic E-state index is 12.0. The lowest BCUT2D eigenvalue weighted by Gasteiger charge is -2.07. The van der Waals surface area contributed by atoms with E-state index in [4.69, 9.17) is 48.7 Å².